The Labute approximate surface area is 124 Å². The molecule has 3 N–H and O–H groups in total. The number of rotatable bonds is 3. The normalized spacial score (nSPS) is 13.4. The van der Waals surface area contributed by atoms with E-state index in [0.717, 1.165) is 24.1 Å². The largest absolute Gasteiger partial charge is 0.340 e. The van der Waals surface area contributed by atoms with Crippen molar-refractivity contribution in [3.63, 3.8) is 0 Å². The zero-order valence-corrected chi connectivity index (χ0v) is 11.7. The molecule has 1 amide bonds. The van der Waals surface area contributed by atoms with Gasteiger partial charge in [0.1, 0.15) is 5.69 Å². The van der Waals surface area contributed by atoms with Crippen LogP contribution in [0.15, 0.2) is 42.6 Å². The van der Waals surface area contributed by atoms with Crippen LogP contribution in [0.1, 0.15) is 34.9 Å². The van der Waals surface area contributed by atoms with Gasteiger partial charge in [-0.3, -0.25) is 4.79 Å². The summed E-state index contributed by atoms with van der Waals surface area (Å²) in [4.78, 5) is 12.4. The van der Waals surface area contributed by atoms with E-state index >= 15 is 0 Å². The minimum atomic E-state index is -0.0872. The quantitative estimate of drug-likeness (QED) is 0.847. The number of hydrogen-bond donors (Lipinski definition) is 2. The first-order chi connectivity index (χ1) is 10.3. The van der Waals surface area contributed by atoms with Crippen LogP contribution in [0.5, 0.6) is 0 Å². The SMILES string of the molecule is NCC#Cc1cccc(NC(=O)c2cccn2C2CC2)c1. The highest BCUT2D eigenvalue weighted by Gasteiger charge is 2.26. The molecule has 0 spiro atoms. The number of nitrogens with two attached hydrogens (primary N) is 1. The number of carbonyl (C=O) groups excluding carboxylic acids is 1. The van der Waals surface area contributed by atoms with Gasteiger partial charge in [-0.25, -0.2) is 0 Å². The van der Waals surface area contributed by atoms with E-state index in [1.54, 1.807) is 0 Å². The Morgan fingerprint density at radius 2 is 2.19 bits per heavy atom. The zero-order valence-electron chi connectivity index (χ0n) is 11.7. The number of carbonyl (C=O) groups is 1. The van der Waals surface area contributed by atoms with Crippen molar-refractivity contribution in [1.82, 2.24) is 4.57 Å². The average molecular weight is 279 g/mol. The Morgan fingerprint density at radius 3 is 2.95 bits per heavy atom. The first-order valence-corrected chi connectivity index (χ1v) is 7.05. The van der Waals surface area contributed by atoms with Crippen LogP contribution in [0.4, 0.5) is 5.69 Å². The van der Waals surface area contributed by atoms with E-state index in [1.807, 2.05) is 47.2 Å². The number of nitrogens with one attached hydrogen (secondary N) is 1. The van der Waals surface area contributed by atoms with Crippen LogP contribution in [0, 0.1) is 11.8 Å². The Kier molecular flexibility index (Phi) is 3.76. The summed E-state index contributed by atoms with van der Waals surface area (Å²) in [5.74, 6) is 5.68. The van der Waals surface area contributed by atoms with Crippen molar-refractivity contribution in [2.24, 2.45) is 5.73 Å². The number of anilines is 1. The Hall–Kier alpha value is -2.51. The van der Waals surface area contributed by atoms with Gasteiger partial charge in [0.15, 0.2) is 0 Å². The van der Waals surface area contributed by atoms with Gasteiger partial charge in [0.05, 0.1) is 6.54 Å². The molecule has 1 heterocycles. The molecule has 2 aromatic rings. The van der Waals surface area contributed by atoms with Gasteiger partial charge in [-0.05, 0) is 43.2 Å². The predicted octanol–water partition coefficient (Wildman–Crippen LogP) is 2.39. The van der Waals surface area contributed by atoms with Crippen molar-refractivity contribution < 1.29 is 4.79 Å². The van der Waals surface area contributed by atoms with Gasteiger partial charge >= 0.3 is 0 Å². The van der Waals surface area contributed by atoms with Crippen LogP contribution >= 0.6 is 0 Å². The molecule has 1 fully saturated rings. The maximum Gasteiger partial charge on any atom is 0.272 e. The van der Waals surface area contributed by atoms with Crippen LogP contribution in [-0.2, 0) is 0 Å². The summed E-state index contributed by atoms with van der Waals surface area (Å²) in [6.07, 6.45) is 4.27. The smallest absolute Gasteiger partial charge is 0.272 e. The molecular weight excluding hydrogens is 262 g/mol. The zero-order chi connectivity index (χ0) is 14.7. The molecule has 106 valence electrons. The van der Waals surface area contributed by atoms with E-state index in [9.17, 15) is 4.79 Å². The molecule has 1 aliphatic carbocycles. The standard InChI is InChI=1S/C17H17N3O/c18-10-2-5-13-4-1-6-14(12-13)19-17(21)16-7-3-11-20(16)15-8-9-15/h1,3-4,6-7,11-12,15H,8-10,18H2,(H,19,21). The summed E-state index contributed by atoms with van der Waals surface area (Å²) in [7, 11) is 0. The van der Waals surface area contributed by atoms with Gasteiger partial charge in [0.25, 0.3) is 5.91 Å². The van der Waals surface area contributed by atoms with Gasteiger partial charge in [-0.2, -0.15) is 0 Å². The van der Waals surface area contributed by atoms with E-state index in [4.69, 9.17) is 5.73 Å². The molecule has 4 nitrogen and oxygen atoms in total. The van der Waals surface area contributed by atoms with Crippen LogP contribution in [-0.4, -0.2) is 17.0 Å². The van der Waals surface area contributed by atoms with E-state index in [2.05, 4.69) is 17.2 Å². The predicted molar refractivity (Wildman–Crippen MR) is 83.0 cm³/mol. The van der Waals surface area contributed by atoms with Crippen LogP contribution in [0.3, 0.4) is 0 Å². The molecule has 1 aliphatic rings. The second kappa shape index (κ2) is 5.86. The van der Waals surface area contributed by atoms with Crippen molar-refractivity contribution in [3.8, 4) is 11.8 Å². The molecular formula is C17H17N3O. The summed E-state index contributed by atoms with van der Waals surface area (Å²) in [6, 6.07) is 11.7. The second-order valence-corrected chi connectivity index (χ2v) is 5.07. The van der Waals surface area contributed by atoms with Gasteiger partial charge in [-0.1, -0.05) is 17.9 Å². The summed E-state index contributed by atoms with van der Waals surface area (Å²) >= 11 is 0. The number of amides is 1. The third-order valence-corrected chi connectivity index (χ3v) is 3.41. The first-order valence-electron chi connectivity index (χ1n) is 7.05. The van der Waals surface area contributed by atoms with E-state index in [1.165, 1.54) is 0 Å². The molecule has 4 heteroatoms. The summed E-state index contributed by atoms with van der Waals surface area (Å²) in [5, 5.41) is 2.93. The Balaban J connectivity index is 1.76. The Morgan fingerprint density at radius 1 is 1.33 bits per heavy atom. The molecule has 1 saturated carbocycles. The van der Waals surface area contributed by atoms with Crippen LogP contribution in [0.25, 0.3) is 0 Å². The number of hydrogen-bond acceptors (Lipinski definition) is 2. The molecule has 0 radical (unpaired) electrons. The molecule has 21 heavy (non-hydrogen) atoms. The first kappa shape index (κ1) is 13.5. The fraction of sp³-hybridized carbons (Fsp3) is 0.235. The van der Waals surface area contributed by atoms with Crippen molar-refractivity contribution in [2.45, 2.75) is 18.9 Å². The fourth-order valence-electron chi connectivity index (χ4n) is 2.28. The number of benzene rings is 1. The van der Waals surface area contributed by atoms with Gasteiger partial charge in [-0.15, -0.1) is 0 Å². The maximum absolute atomic E-state index is 12.4. The lowest BCUT2D eigenvalue weighted by Crippen LogP contribution is -2.16. The summed E-state index contributed by atoms with van der Waals surface area (Å²) in [5.41, 5.74) is 7.65. The molecule has 0 aliphatic heterocycles. The van der Waals surface area contributed by atoms with E-state index in [-0.39, 0.29) is 5.91 Å². The van der Waals surface area contributed by atoms with E-state index in [0.29, 0.717) is 18.3 Å². The van der Waals surface area contributed by atoms with Crippen LogP contribution < -0.4 is 11.1 Å². The topological polar surface area (TPSA) is 60.0 Å². The number of nitrogens with zero attached hydrogens (tertiary/aromatic N) is 1. The van der Waals surface area contributed by atoms with Gasteiger partial charge in [0, 0.05) is 23.5 Å². The van der Waals surface area contributed by atoms with Crippen molar-refractivity contribution in [1.29, 1.82) is 0 Å². The Bertz CT molecular complexity index is 717. The van der Waals surface area contributed by atoms with Crippen molar-refractivity contribution in [3.05, 3.63) is 53.9 Å². The molecule has 1 aromatic carbocycles. The van der Waals surface area contributed by atoms with E-state index < -0.39 is 0 Å². The lowest BCUT2D eigenvalue weighted by atomic mass is 10.2. The molecule has 0 bridgehead atoms. The lowest BCUT2D eigenvalue weighted by molar-refractivity contribution is 0.101. The monoisotopic (exact) mass is 279 g/mol. The van der Waals surface area contributed by atoms with Gasteiger partial charge in [0.2, 0.25) is 0 Å². The molecule has 0 saturated heterocycles. The maximum atomic E-state index is 12.4. The highest BCUT2D eigenvalue weighted by molar-refractivity contribution is 6.03. The lowest BCUT2D eigenvalue weighted by Gasteiger charge is -2.09. The fourth-order valence-corrected chi connectivity index (χ4v) is 2.28. The second-order valence-electron chi connectivity index (χ2n) is 5.07. The third kappa shape index (κ3) is 3.15. The summed E-state index contributed by atoms with van der Waals surface area (Å²) in [6.45, 7) is 0.325. The molecule has 0 atom stereocenters. The minimum Gasteiger partial charge on any atom is -0.340 e. The van der Waals surface area contributed by atoms with Crippen molar-refractivity contribution >= 4 is 11.6 Å². The average Bonchev–Trinajstić information content (AvgIpc) is 3.22. The third-order valence-electron chi connectivity index (χ3n) is 3.41. The van der Waals surface area contributed by atoms with Crippen LogP contribution in [0.2, 0.25) is 0 Å². The van der Waals surface area contributed by atoms with Crippen molar-refractivity contribution in [2.75, 3.05) is 11.9 Å². The molecule has 3 rings (SSSR count). The molecule has 0 unspecified atom stereocenters. The highest BCUT2D eigenvalue weighted by Crippen LogP contribution is 2.36. The highest BCUT2D eigenvalue weighted by atomic mass is 16.1. The molecule has 1 aromatic heterocycles. The minimum absolute atomic E-state index is 0.0872. The summed E-state index contributed by atoms with van der Waals surface area (Å²) < 4.78 is 2.05. The number of aromatic nitrogens is 1. The van der Waals surface area contributed by atoms with Gasteiger partial charge < -0.3 is 15.6 Å².